The molecular formula is C16H22N6O3. The average Bonchev–Trinajstić information content (AvgIpc) is 3.18. The first kappa shape index (κ1) is 15.9. The van der Waals surface area contributed by atoms with E-state index in [9.17, 15) is 9.59 Å². The molecule has 2 fully saturated rings. The van der Waals surface area contributed by atoms with E-state index in [-0.39, 0.29) is 17.3 Å². The molecule has 2 aliphatic rings. The third-order valence-corrected chi connectivity index (χ3v) is 5.25. The van der Waals surface area contributed by atoms with E-state index in [1.54, 1.807) is 7.05 Å². The lowest BCUT2D eigenvalue weighted by molar-refractivity contribution is 0.365. The zero-order chi connectivity index (χ0) is 17.6. The van der Waals surface area contributed by atoms with Crippen LogP contribution in [-0.2, 0) is 14.1 Å². The highest BCUT2D eigenvalue weighted by Crippen LogP contribution is 2.35. The van der Waals surface area contributed by atoms with Gasteiger partial charge >= 0.3 is 11.7 Å². The van der Waals surface area contributed by atoms with Crippen LogP contribution < -0.4 is 21.5 Å². The maximum Gasteiger partial charge on any atom is 0.332 e. The average molecular weight is 346 g/mol. The normalized spacial score (nSPS) is 20.7. The molecule has 0 spiro atoms. The minimum absolute atomic E-state index is 0.133. The minimum Gasteiger partial charge on any atom is -0.356 e. The van der Waals surface area contributed by atoms with Crippen molar-refractivity contribution in [1.82, 2.24) is 19.3 Å². The van der Waals surface area contributed by atoms with Crippen LogP contribution in [0.15, 0.2) is 20.2 Å². The molecule has 0 aromatic carbocycles. The van der Waals surface area contributed by atoms with E-state index in [1.165, 1.54) is 24.1 Å². The van der Waals surface area contributed by atoms with Crippen LogP contribution in [0.4, 0.5) is 11.8 Å². The Bertz CT molecular complexity index is 894. The summed E-state index contributed by atoms with van der Waals surface area (Å²) < 4.78 is 7.91. The van der Waals surface area contributed by atoms with Gasteiger partial charge in [-0.25, -0.2) is 4.79 Å². The van der Waals surface area contributed by atoms with Gasteiger partial charge in [0.1, 0.15) is 5.82 Å². The van der Waals surface area contributed by atoms with E-state index in [0.717, 1.165) is 36.2 Å². The van der Waals surface area contributed by atoms with Crippen LogP contribution in [0.1, 0.15) is 37.4 Å². The van der Waals surface area contributed by atoms with Crippen molar-refractivity contribution in [2.45, 2.75) is 37.6 Å². The Morgan fingerprint density at radius 2 is 2.00 bits per heavy atom. The number of nitrogens with one attached hydrogen (secondary N) is 1. The Labute approximate surface area is 144 Å². The molecule has 1 aliphatic carbocycles. The molecule has 25 heavy (non-hydrogen) atoms. The second kappa shape index (κ2) is 6.05. The van der Waals surface area contributed by atoms with Gasteiger partial charge in [0.05, 0.1) is 0 Å². The number of hydrogen-bond acceptors (Lipinski definition) is 7. The highest BCUT2D eigenvalue weighted by molar-refractivity contribution is 5.41. The van der Waals surface area contributed by atoms with Gasteiger partial charge < -0.3 is 14.7 Å². The lowest BCUT2D eigenvalue weighted by Gasteiger charge is -2.21. The quantitative estimate of drug-likeness (QED) is 0.857. The Morgan fingerprint density at radius 1 is 1.20 bits per heavy atom. The van der Waals surface area contributed by atoms with Crippen molar-refractivity contribution in [1.29, 1.82) is 0 Å². The monoisotopic (exact) mass is 346 g/mol. The molecule has 1 atom stereocenters. The summed E-state index contributed by atoms with van der Waals surface area (Å²) in [6.07, 6.45) is 4.36. The zero-order valence-electron chi connectivity index (χ0n) is 14.4. The summed E-state index contributed by atoms with van der Waals surface area (Å²) in [5.74, 6) is 1.87. The van der Waals surface area contributed by atoms with Crippen LogP contribution in [0.3, 0.4) is 0 Å². The number of rotatable bonds is 4. The largest absolute Gasteiger partial charge is 0.356 e. The minimum atomic E-state index is -0.319. The van der Waals surface area contributed by atoms with Crippen LogP contribution in [0.5, 0.6) is 0 Å². The molecule has 134 valence electrons. The summed E-state index contributed by atoms with van der Waals surface area (Å²) in [5, 5.41) is 7.32. The lowest BCUT2D eigenvalue weighted by atomic mass is 9.85. The molecule has 9 nitrogen and oxygen atoms in total. The fraction of sp³-hybridized carbons (Fsp3) is 0.625. The molecule has 0 radical (unpaired) electrons. The SMILES string of the molecule is Cn1c(N2CC[C@H](Nc3nc(C4CCC4)no3)C2)cc(=O)n(C)c1=O. The van der Waals surface area contributed by atoms with E-state index in [4.69, 9.17) is 4.52 Å². The van der Waals surface area contributed by atoms with Crippen LogP contribution in [0.25, 0.3) is 0 Å². The van der Waals surface area contributed by atoms with Crippen molar-refractivity contribution in [2.75, 3.05) is 23.3 Å². The van der Waals surface area contributed by atoms with Crippen molar-refractivity contribution >= 4 is 11.8 Å². The third-order valence-electron chi connectivity index (χ3n) is 5.25. The first-order chi connectivity index (χ1) is 12.0. The first-order valence-corrected chi connectivity index (χ1v) is 8.65. The van der Waals surface area contributed by atoms with Gasteiger partial charge in [-0.2, -0.15) is 4.98 Å². The van der Waals surface area contributed by atoms with Crippen LogP contribution >= 0.6 is 0 Å². The Balaban J connectivity index is 1.46. The lowest BCUT2D eigenvalue weighted by Crippen LogP contribution is -2.40. The topological polar surface area (TPSA) is 98.2 Å². The summed E-state index contributed by atoms with van der Waals surface area (Å²) in [6.45, 7) is 1.42. The number of aromatic nitrogens is 4. The molecule has 3 heterocycles. The van der Waals surface area contributed by atoms with Gasteiger partial charge in [-0.3, -0.25) is 13.9 Å². The molecule has 2 aromatic rings. The standard InChI is InChI=1S/C16H22N6O3/c1-20-12(8-13(23)21(2)16(20)24)22-7-6-11(9-22)17-15-18-14(19-25-15)10-4-3-5-10/h8,10-11H,3-7,9H2,1-2H3,(H,17,18,19)/t11-/m0/s1. The van der Waals surface area contributed by atoms with Crippen molar-refractivity contribution in [3.8, 4) is 0 Å². The highest BCUT2D eigenvalue weighted by atomic mass is 16.5. The van der Waals surface area contributed by atoms with E-state index < -0.39 is 0 Å². The van der Waals surface area contributed by atoms with Gasteiger partial charge in [0.25, 0.3) is 5.56 Å². The maximum absolute atomic E-state index is 12.1. The van der Waals surface area contributed by atoms with E-state index in [1.807, 2.05) is 4.90 Å². The van der Waals surface area contributed by atoms with Gasteiger partial charge in [0.15, 0.2) is 5.82 Å². The molecular weight excluding hydrogens is 324 g/mol. The molecule has 1 saturated carbocycles. The third kappa shape index (κ3) is 2.83. The van der Waals surface area contributed by atoms with Crippen LogP contribution in [0.2, 0.25) is 0 Å². The second-order valence-electron chi connectivity index (χ2n) is 6.90. The van der Waals surface area contributed by atoms with E-state index in [2.05, 4.69) is 15.5 Å². The molecule has 2 aromatic heterocycles. The number of nitrogens with zero attached hydrogens (tertiary/aromatic N) is 5. The van der Waals surface area contributed by atoms with E-state index in [0.29, 0.717) is 24.3 Å². The number of anilines is 2. The molecule has 0 unspecified atom stereocenters. The van der Waals surface area contributed by atoms with Gasteiger partial charge in [-0.1, -0.05) is 11.6 Å². The molecule has 1 aliphatic heterocycles. The smallest absolute Gasteiger partial charge is 0.332 e. The molecule has 4 rings (SSSR count). The van der Waals surface area contributed by atoms with Crippen LogP contribution in [0, 0.1) is 0 Å². The fourth-order valence-electron chi connectivity index (χ4n) is 3.41. The summed E-state index contributed by atoms with van der Waals surface area (Å²) in [6, 6.07) is 2.09. The van der Waals surface area contributed by atoms with Gasteiger partial charge in [0.2, 0.25) is 0 Å². The Hall–Kier alpha value is -2.58. The summed E-state index contributed by atoms with van der Waals surface area (Å²) >= 11 is 0. The molecule has 9 heteroatoms. The molecule has 1 saturated heterocycles. The van der Waals surface area contributed by atoms with Crippen molar-refractivity contribution in [3.05, 3.63) is 32.7 Å². The summed E-state index contributed by atoms with van der Waals surface area (Å²) in [4.78, 5) is 30.5. The molecule has 1 N–H and O–H groups in total. The van der Waals surface area contributed by atoms with E-state index >= 15 is 0 Å². The Kier molecular flexibility index (Phi) is 3.85. The molecule has 0 bridgehead atoms. The highest BCUT2D eigenvalue weighted by Gasteiger charge is 2.28. The summed E-state index contributed by atoms with van der Waals surface area (Å²) in [5.41, 5.74) is -0.613. The van der Waals surface area contributed by atoms with Crippen molar-refractivity contribution in [2.24, 2.45) is 14.1 Å². The summed E-state index contributed by atoms with van der Waals surface area (Å²) in [7, 11) is 3.17. The van der Waals surface area contributed by atoms with Crippen LogP contribution in [-0.4, -0.2) is 38.4 Å². The maximum atomic E-state index is 12.1. The fourth-order valence-corrected chi connectivity index (χ4v) is 3.41. The Morgan fingerprint density at radius 3 is 2.72 bits per heavy atom. The van der Waals surface area contributed by atoms with Crippen molar-refractivity contribution in [3.63, 3.8) is 0 Å². The predicted octanol–water partition coefficient (Wildman–Crippen LogP) is 0.425. The van der Waals surface area contributed by atoms with Crippen molar-refractivity contribution < 1.29 is 4.52 Å². The van der Waals surface area contributed by atoms with Gasteiger partial charge in [0, 0.05) is 45.2 Å². The predicted molar refractivity (Wildman–Crippen MR) is 92.1 cm³/mol. The first-order valence-electron chi connectivity index (χ1n) is 8.65. The van der Waals surface area contributed by atoms with Gasteiger partial charge in [-0.15, -0.1) is 0 Å². The molecule has 0 amide bonds. The second-order valence-corrected chi connectivity index (χ2v) is 6.90. The zero-order valence-corrected chi connectivity index (χ0v) is 14.4. The number of hydrogen-bond donors (Lipinski definition) is 1. The van der Waals surface area contributed by atoms with Gasteiger partial charge in [-0.05, 0) is 19.3 Å².